The smallest absolute Gasteiger partial charge is 0.0247 e. The zero-order valence-electron chi connectivity index (χ0n) is 5.83. The first-order chi connectivity index (χ1) is 3.85. The van der Waals surface area contributed by atoms with Crippen LogP contribution in [-0.2, 0) is 0 Å². The summed E-state index contributed by atoms with van der Waals surface area (Å²) in [5.41, 5.74) is 4.27. The fourth-order valence-electron chi connectivity index (χ4n) is 0.692. The molecule has 0 N–H and O–H groups in total. The average molecular weight is 110 g/mol. The highest BCUT2D eigenvalue weighted by atomic mass is 13.9. The van der Waals surface area contributed by atoms with Gasteiger partial charge in [-0.25, -0.2) is 0 Å². The molecule has 46 valence electrons. The molecule has 0 radical (unpaired) electrons. The zero-order chi connectivity index (χ0) is 6.41. The molecule has 0 heterocycles. The third kappa shape index (κ3) is 2.65. The van der Waals surface area contributed by atoms with Crippen molar-refractivity contribution in [1.82, 2.24) is 0 Å². The Balaban J connectivity index is 3.55. The normalized spacial score (nSPS) is 8.25. The lowest BCUT2D eigenvalue weighted by Crippen LogP contribution is -1.75. The predicted octanol–water partition coefficient (Wildman–Crippen LogP) is 2.91. The third-order valence-electron chi connectivity index (χ3n) is 1.23. The minimum Gasteiger partial charge on any atom is -0.130 e. The van der Waals surface area contributed by atoms with Gasteiger partial charge in [0.1, 0.15) is 0 Å². The van der Waals surface area contributed by atoms with Gasteiger partial charge >= 0.3 is 0 Å². The van der Waals surface area contributed by atoms with Crippen LogP contribution in [0.15, 0.2) is 17.9 Å². The molecule has 0 spiro atoms. The molecule has 0 fully saturated rings. The zero-order valence-corrected chi connectivity index (χ0v) is 5.83. The Kier molecular flexibility index (Phi) is 4.39. The lowest BCUT2D eigenvalue weighted by molar-refractivity contribution is 0.861. The van der Waals surface area contributed by atoms with E-state index in [1.54, 1.807) is 0 Å². The topological polar surface area (TPSA) is 0 Å². The second-order valence-electron chi connectivity index (χ2n) is 1.88. The monoisotopic (exact) mass is 110 g/mol. The van der Waals surface area contributed by atoms with Crippen molar-refractivity contribution in [2.45, 2.75) is 33.1 Å². The van der Waals surface area contributed by atoms with Crippen molar-refractivity contribution in [2.75, 3.05) is 0 Å². The van der Waals surface area contributed by atoms with Crippen molar-refractivity contribution in [3.63, 3.8) is 0 Å². The molecule has 8 heavy (non-hydrogen) atoms. The van der Waals surface area contributed by atoms with Crippen LogP contribution in [0.4, 0.5) is 0 Å². The predicted molar refractivity (Wildman–Crippen MR) is 37.9 cm³/mol. The lowest BCUT2D eigenvalue weighted by Gasteiger charge is -1.93. The van der Waals surface area contributed by atoms with Crippen LogP contribution in [0.2, 0.25) is 0 Å². The van der Waals surface area contributed by atoms with Crippen LogP contribution >= 0.6 is 0 Å². The van der Waals surface area contributed by atoms with E-state index < -0.39 is 0 Å². The van der Waals surface area contributed by atoms with E-state index in [2.05, 4.69) is 26.2 Å². The number of allylic oxidation sites excluding steroid dienone is 1. The quantitative estimate of drug-likeness (QED) is 0.490. The third-order valence-corrected chi connectivity index (χ3v) is 1.23. The van der Waals surface area contributed by atoms with Gasteiger partial charge in [-0.05, 0) is 18.4 Å². The van der Waals surface area contributed by atoms with E-state index in [9.17, 15) is 0 Å². The van der Waals surface area contributed by atoms with Crippen LogP contribution in [0.25, 0.3) is 0 Å². The maximum absolute atomic E-state index is 3.59. The molecular weight excluding hydrogens is 96.1 g/mol. The largest absolute Gasteiger partial charge is 0.130 e. The molecule has 0 aromatic heterocycles. The van der Waals surface area contributed by atoms with E-state index in [0.717, 1.165) is 6.42 Å². The van der Waals surface area contributed by atoms with Crippen molar-refractivity contribution in [2.24, 2.45) is 0 Å². The Morgan fingerprint density at radius 1 is 1.50 bits per heavy atom. The summed E-state index contributed by atoms with van der Waals surface area (Å²) in [6, 6.07) is 0. The van der Waals surface area contributed by atoms with Gasteiger partial charge in [0.25, 0.3) is 0 Å². The molecule has 0 atom stereocenters. The van der Waals surface area contributed by atoms with Crippen LogP contribution in [0.3, 0.4) is 0 Å². The number of rotatable bonds is 3. The molecule has 0 aliphatic carbocycles. The van der Waals surface area contributed by atoms with Gasteiger partial charge in [0.2, 0.25) is 0 Å². The summed E-state index contributed by atoms with van der Waals surface area (Å²) < 4.78 is 0. The van der Waals surface area contributed by atoms with Crippen molar-refractivity contribution < 1.29 is 0 Å². The minimum absolute atomic E-state index is 1.11. The van der Waals surface area contributed by atoms with Crippen molar-refractivity contribution in [3.8, 4) is 0 Å². The van der Waals surface area contributed by atoms with Gasteiger partial charge in [-0.1, -0.05) is 26.8 Å². The highest BCUT2D eigenvalue weighted by Gasteiger charge is 1.86. The summed E-state index contributed by atoms with van der Waals surface area (Å²) in [7, 11) is 0. The molecule has 0 saturated carbocycles. The summed E-state index contributed by atoms with van der Waals surface area (Å²) in [6.45, 7) is 7.90. The van der Waals surface area contributed by atoms with E-state index in [4.69, 9.17) is 0 Å². The van der Waals surface area contributed by atoms with Crippen molar-refractivity contribution in [1.29, 1.82) is 0 Å². The van der Waals surface area contributed by atoms with Gasteiger partial charge in [0.15, 0.2) is 0 Å². The van der Waals surface area contributed by atoms with Crippen molar-refractivity contribution in [3.05, 3.63) is 17.9 Å². The molecule has 0 aliphatic heterocycles. The van der Waals surface area contributed by atoms with Gasteiger partial charge < -0.3 is 0 Å². The van der Waals surface area contributed by atoms with Gasteiger partial charge in [0.05, 0.1) is 0 Å². The van der Waals surface area contributed by atoms with Gasteiger partial charge in [-0.15, -0.1) is 5.73 Å². The fourth-order valence-corrected chi connectivity index (χ4v) is 0.692. The van der Waals surface area contributed by atoms with E-state index in [-0.39, 0.29) is 0 Å². The Labute approximate surface area is 51.9 Å². The highest BCUT2D eigenvalue weighted by molar-refractivity contribution is 4.96. The standard InChI is InChI=1S/C8H14/c1-4-7-8(5-2)6-3/h2,4,6-7H2,1,3H3. The van der Waals surface area contributed by atoms with Crippen LogP contribution in [-0.4, -0.2) is 0 Å². The SMILES string of the molecule is C=C=C(CC)CCC. The molecule has 0 aliphatic rings. The Morgan fingerprint density at radius 2 is 2.12 bits per heavy atom. The first-order valence-electron chi connectivity index (χ1n) is 3.22. The molecule has 0 aromatic rings. The second kappa shape index (κ2) is 4.67. The first kappa shape index (κ1) is 7.52. The van der Waals surface area contributed by atoms with E-state index in [1.165, 1.54) is 18.4 Å². The molecule has 0 heteroatoms. The summed E-state index contributed by atoms with van der Waals surface area (Å²) >= 11 is 0. The number of hydrogen-bond acceptors (Lipinski definition) is 0. The second-order valence-corrected chi connectivity index (χ2v) is 1.88. The van der Waals surface area contributed by atoms with Gasteiger partial charge in [-0.2, -0.15) is 0 Å². The molecular formula is C8H14. The van der Waals surface area contributed by atoms with Crippen molar-refractivity contribution >= 4 is 0 Å². The molecule has 0 rings (SSSR count). The summed E-state index contributed by atoms with van der Waals surface area (Å²) in [5, 5.41) is 0. The minimum atomic E-state index is 1.11. The molecule has 0 aromatic carbocycles. The maximum Gasteiger partial charge on any atom is -0.0247 e. The molecule has 0 nitrogen and oxygen atoms in total. The van der Waals surface area contributed by atoms with Gasteiger partial charge in [-0.3, -0.25) is 0 Å². The molecule has 0 amide bonds. The fraction of sp³-hybridized carbons (Fsp3) is 0.625. The van der Waals surface area contributed by atoms with Crippen LogP contribution in [0.1, 0.15) is 33.1 Å². The Bertz CT molecular complexity index is 94.6. The van der Waals surface area contributed by atoms with Gasteiger partial charge in [0, 0.05) is 0 Å². The number of hydrogen-bond donors (Lipinski definition) is 0. The maximum atomic E-state index is 3.59. The van der Waals surface area contributed by atoms with Crippen LogP contribution in [0, 0.1) is 0 Å². The average Bonchev–Trinajstić information content (AvgIpc) is 1.83. The molecule has 0 unspecified atom stereocenters. The van der Waals surface area contributed by atoms with E-state index in [1.807, 2.05) is 0 Å². The Morgan fingerprint density at radius 3 is 2.25 bits per heavy atom. The Hall–Kier alpha value is -0.480. The van der Waals surface area contributed by atoms with Crippen LogP contribution < -0.4 is 0 Å². The van der Waals surface area contributed by atoms with E-state index in [0.29, 0.717) is 0 Å². The summed E-state index contributed by atoms with van der Waals surface area (Å²) in [4.78, 5) is 0. The first-order valence-corrected chi connectivity index (χ1v) is 3.22. The van der Waals surface area contributed by atoms with E-state index >= 15 is 0 Å². The molecule has 0 bridgehead atoms. The summed E-state index contributed by atoms with van der Waals surface area (Å²) in [5.74, 6) is 0. The highest BCUT2D eigenvalue weighted by Crippen LogP contribution is 2.05. The molecule has 0 saturated heterocycles. The summed E-state index contributed by atoms with van der Waals surface area (Å²) in [6.07, 6.45) is 3.49. The lowest BCUT2D eigenvalue weighted by atomic mass is 10.1. The van der Waals surface area contributed by atoms with Crippen LogP contribution in [0.5, 0.6) is 0 Å².